The Kier molecular flexibility index (Phi) is 3.34. The molecular formula is C18H19FN2O2. The van der Waals surface area contributed by atoms with Gasteiger partial charge in [-0.15, -0.1) is 0 Å². The minimum atomic E-state index is -0.409. The van der Waals surface area contributed by atoms with Crippen LogP contribution >= 0.6 is 0 Å². The number of fused-ring (bicyclic) bond motifs is 1. The molecule has 1 aromatic heterocycles. The standard InChI is InChI=1S/C18H19FN2O2/c1-12-10-21(11-18(23-12)5-3-6-18)17(22)15-9-14(19)8-13-4-2-7-20-16(13)15/h2,4,7-9,12H,3,5-6,10-11H2,1H3. The van der Waals surface area contributed by atoms with Gasteiger partial charge in [-0.3, -0.25) is 9.78 Å². The van der Waals surface area contributed by atoms with Crippen LogP contribution < -0.4 is 0 Å². The highest BCUT2D eigenvalue weighted by atomic mass is 19.1. The normalized spacial score (nSPS) is 23.0. The second kappa shape index (κ2) is 5.27. The van der Waals surface area contributed by atoms with E-state index >= 15 is 0 Å². The Morgan fingerprint density at radius 1 is 1.43 bits per heavy atom. The number of benzene rings is 1. The van der Waals surface area contributed by atoms with E-state index in [1.807, 2.05) is 6.92 Å². The van der Waals surface area contributed by atoms with Crippen molar-refractivity contribution in [3.8, 4) is 0 Å². The lowest BCUT2D eigenvalue weighted by atomic mass is 9.78. The van der Waals surface area contributed by atoms with Crippen molar-refractivity contribution in [2.45, 2.75) is 37.9 Å². The zero-order chi connectivity index (χ0) is 16.0. The molecule has 0 N–H and O–H groups in total. The maximum atomic E-state index is 13.9. The number of nitrogens with zero attached hydrogens (tertiary/aromatic N) is 2. The summed E-state index contributed by atoms with van der Waals surface area (Å²) in [6.45, 7) is 3.11. The summed E-state index contributed by atoms with van der Waals surface area (Å²) in [6.07, 6.45) is 4.75. The second-order valence-electron chi connectivity index (χ2n) is 6.68. The van der Waals surface area contributed by atoms with Crippen molar-refractivity contribution in [3.05, 3.63) is 41.8 Å². The van der Waals surface area contributed by atoms with E-state index < -0.39 is 5.82 Å². The predicted octanol–water partition coefficient (Wildman–Crippen LogP) is 3.16. The summed E-state index contributed by atoms with van der Waals surface area (Å²) in [4.78, 5) is 19.1. The predicted molar refractivity (Wildman–Crippen MR) is 84.7 cm³/mol. The number of hydrogen-bond acceptors (Lipinski definition) is 3. The number of pyridine rings is 1. The fourth-order valence-corrected chi connectivity index (χ4v) is 3.71. The summed E-state index contributed by atoms with van der Waals surface area (Å²) in [5.41, 5.74) is 0.703. The molecule has 1 atom stereocenters. The fraction of sp³-hybridized carbons (Fsp3) is 0.444. The monoisotopic (exact) mass is 314 g/mol. The maximum absolute atomic E-state index is 13.9. The number of ether oxygens (including phenoxy) is 1. The molecule has 0 radical (unpaired) electrons. The van der Waals surface area contributed by atoms with Crippen molar-refractivity contribution in [3.63, 3.8) is 0 Å². The molecule has 1 aliphatic carbocycles. The van der Waals surface area contributed by atoms with E-state index in [-0.39, 0.29) is 17.6 Å². The second-order valence-corrected chi connectivity index (χ2v) is 6.68. The minimum absolute atomic E-state index is 0.000725. The molecule has 2 heterocycles. The van der Waals surface area contributed by atoms with Crippen LogP contribution in [0, 0.1) is 5.82 Å². The molecule has 2 fully saturated rings. The van der Waals surface area contributed by atoms with Crippen LogP contribution in [-0.2, 0) is 4.74 Å². The maximum Gasteiger partial charge on any atom is 0.256 e. The third-order valence-corrected chi connectivity index (χ3v) is 4.86. The van der Waals surface area contributed by atoms with E-state index in [2.05, 4.69) is 4.98 Å². The molecule has 0 bridgehead atoms. The highest BCUT2D eigenvalue weighted by Gasteiger charge is 2.45. The van der Waals surface area contributed by atoms with Crippen LogP contribution in [0.1, 0.15) is 36.5 Å². The number of aromatic nitrogens is 1. The molecular weight excluding hydrogens is 295 g/mol. The van der Waals surface area contributed by atoms with Crippen LogP contribution in [0.25, 0.3) is 10.9 Å². The number of carbonyl (C=O) groups excluding carboxylic acids is 1. The first-order chi connectivity index (χ1) is 11.1. The largest absolute Gasteiger partial charge is 0.368 e. The van der Waals surface area contributed by atoms with Gasteiger partial charge in [0.15, 0.2) is 0 Å². The topological polar surface area (TPSA) is 42.4 Å². The number of halogens is 1. The van der Waals surface area contributed by atoms with E-state index in [9.17, 15) is 9.18 Å². The number of carbonyl (C=O) groups is 1. The van der Waals surface area contributed by atoms with Gasteiger partial charge in [0.05, 0.1) is 29.3 Å². The number of morpholine rings is 1. The van der Waals surface area contributed by atoms with Crippen molar-refractivity contribution in [1.82, 2.24) is 9.88 Å². The molecule has 5 heteroatoms. The van der Waals surface area contributed by atoms with Crippen LogP contribution in [0.2, 0.25) is 0 Å². The Morgan fingerprint density at radius 3 is 3.00 bits per heavy atom. The summed E-state index contributed by atoms with van der Waals surface area (Å²) in [5.74, 6) is -0.567. The minimum Gasteiger partial charge on any atom is -0.368 e. The third-order valence-electron chi connectivity index (χ3n) is 4.86. The lowest BCUT2D eigenvalue weighted by Crippen LogP contribution is -2.59. The molecule has 2 aliphatic rings. The summed E-state index contributed by atoms with van der Waals surface area (Å²) in [7, 11) is 0. The molecule has 1 spiro atoms. The van der Waals surface area contributed by atoms with Crippen molar-refractivity contribution < 1.29 is 13.9 Å². The van der Waals surface area contributed by atoms with E-state index in [1.54, 1.807) is 23.2 Å². The van der Waals surface area contributed by atoms with Crippen LogP contribution in [0.3, 0.4) is 0 Å². The van der Waals surface area contributed by atoms with Crippen LogP contribution in [0.15, 0.2) is 30.5 Å². The van der Waals surface area contributed by atoms with Crippen molar-refractivity contribution in [1.29, 1.82) is 0 Å². The van der Waals surface area contributed by atoms with Gasteiger partial charge in [0.25, 0.3) is 5.91 Å². The zero-order valence-electron chi connectivity index (χ0n) is 13.1. The molecule has 1 saturated carbocycles. The smallest absolute Gasteiger partial charge is 0.256 e. The van der Waals surface area contributed by atoms with E-state index in [4.69, 9.17) is 4.74 Å². The van der Waals surface area contributed by atoms with Gasteiger partial charge in [0.2, 0.25) is 0 Å². The SMILES string of the molecule is CC1CN(C(=O)c2cc(F)cc3cccnc23)CC2(CCC2)O1. The van der Waals surface area contributed by atoms with Crippen molar-refractivity contribution >= 4 is 16.8 Å². The van der Waals surface area contributed by atoms with Crippen molar-refractivity contribution in [2.75, 3.05) is 13.1 Å². The Bertz CT molecular complexity index is 773. The van der Waals surface area contributed by atoms with Gasteiger partial charge < -0.3 is 9.64 Å². The van der Waals surface area contributed by atoms with E-state index in [1.165, 1.54) is 12.1 Å². The van der Waals surface area contributed by atoms with Crippen molar-refractivity contribution in [2.24, 2.45) is 0 Å². The molecule has 23 heavy (non-hydrogen) atoms. The summed E-state index contributed by atoms with van der Waals surface area (Å²) < 4.78 is 20.0. The van der Waals surface area contributed by atoms with E-state index in [0.717, 1.165) is 19.3 Å². The molecule has 1 saturated heterocycles. The lowest BCUT2D eigenvalue weighted by molar-refractivity contribution is -0.176. The Morgan fingerprint density at radius 2 is 2.26 bits per heavy atom. The molecule has 1 amide bonds. The average molecular weight is 314 g/mol. The molecule has 1 aliphatic heterocycles. The molecule has 4 rings (SSSR count). The Balaban J connectivity index is 1.71. The van der Waals surface area contributed by atoms with Crippen LogP contribution in [-0.4, -0.2) is 40.6 Å². The van der Waals surface area contributed by atoms with Gasteiger partial charge >= 0.3 is 0 Å². The lowest BCUT2D eigenvalue weighted by Gasteiger charge is -2.50. The summed E-state index contributed by atoms with van der Waals surface area (Å²) in [5, 5.41) is 0.649. The van der Waals surface area contributed by atoms with Crippen LogP contribution in [0.4, 0.5) is 4.39 Å². The van der Waals surface area contributed by atoms with Gasteiger partial charge in [-0.1, -0.05) is 6.07 Å². The molecule has 1 unspecified atom stereocenters. The summed E-state index contributed by atoms with van der Waals surface area (Å²) >= 11 is 0. The molecule has 4 nitrogen and oxygen atoms in total. The Labute approximate surface area is 134 Å². The third kappa shape index (κ3) is 2.49. The van der Waals surface area contributed by atoms with Gasteiger partial charge in [-0.25, -0.2) is 4.39 Å². The molecule has 2 aromatic rings. The van der Waals surface area contributed by atoms with Gasteiger partial charge in [0.1, 0.15) is 5.82 Å². The highest BCUT2D eigenvalue weighted by molar-refractivity contribution is 6.05. The highest BCUT2D eigenvalue weighted by Crippen LogP contribution is 2.40. The first-order valence-electron chi connectivity index (χ1n) is 8.08. The van der Waals surface area contributed by atoms with Crippen LogP contribution in [0.5, 0.6) is 0 Å². The summed E-state index contributed by atoms with van der Waals surface area (Å²) in [6, 6.07) is 6.23. The molecule has 1 aromatic carbocycles. The number of rotatable bonds is 1. The fourth-order valence-electron chi connectivity index (χ4n) is 3.71. The first-order valence-corrected chi connectivity index (χ1v) is 8.08. The average Bonchev–Trinajstić information content (AvgIpc) is 2.51. The zero-order valence-corrected chi connectivity index (χ0v) is 13.1. The van der Waals surface area contributed by atoms with Gasteiger partial charge in [-0.05, 0) is 44.4 Å². The van der Waals surface area contributed by atoms with E-state index in [0.29, 0.717) is 29.6 Å². The van der Waals surface area contributed by atoms with Gasteiger partial charge in [-0.2, -0.15) is 0 Å². The van der Waals surface area contributed by atoms with Gasteiger partial charge in [0, 0.05) is 18.1 Å². The quantitative estimate of drug-likeness (QED) is 0.812. The number of hydrogen-bond donors (Lipinski definition) is 0. The molecule has 120 valence electrons. The first kappa shape index (κ1) is 14.6. The Hall–Kier alpha value is -2.01. The number of amides is 1.